The summed E-state index contributed by atoms with van der Waals surface area (Å²) in [6.07, 6.45) is 1.67. The van der Waals surface area contributed by atoms with Gasteiger partial charge in [0.05, 0.1) is 21.5 Å². The molecule has 5 nitrogen and oxygen atoms in total. The summed E-state index contributed by atoms with van der Waals surface area (Å²) in [5, 5.41) is 12.3. The van der Waals surface area contributed by atoms with Crippen molar-refractivity contribution in [2.45, 2.75) is 12.1 Å². The molecule has 24 heavy (non-hydrogen) atoms. The fraction of sp³-hybridized carbons (Fsp3) is 0.133. The summed E-state index contributed by atoms with van der Waals surface area (Å²) >= 11 is 16.8. The molecule has 0 unspecified atom stereocenters. The molecule has 0 saturated carbocycles. The quantitative estimate of drug-likeness (QED) is 0.583. The van der Waals surface area contributed by atoms with Crippen LogP contribution in [0.3, 0.4) is 0 Å². The highest BCUT2D eigenvalue weighted by Gasteiger charge is 2.13. The number of nitrogens with zero attached hydrogens (tertiary/aromatic N) is 3. The average Bonchev–Trinajstić information content (AvgIpc) is 2.91. The Morgan fingerprint density at radius 3 is 2.88 bits per heavy atom. The third kappa shape index (κ3) is 3.85. The van der Waals surface area contributed by atoms with Crippen molar-refractivity contribution >= 4 is 68.1 Å². The topological polar surface area (TPSA) is 59.3 Å². The Morgan fingerprint density at radius 1 is 1.33 bits per heavy atom. The van der Waals surface area contributed by atoms with Crippen LogP contribution < -0.4 is 5.32 Å². The minimum absolute atomic E-state index is 0.144. The second-order valence-corrected chi connectivity index (χ2v) is 7.64. The van der Waals surface area contributed by atoms with Gasteiger partial charge in [-0.1, -0.05) is 41.0 Å². The predicted molar refractivity (Wildman–Crippen MR) is 101 cm³/mol. The molecule has 0 bridgehead atoms. The zero-order valence-corrected chi connectivity index (χ0v) is 16.3. The van der Waals surface area contributed by atoms with Crippen LogP contribution in [0.2, 0.25) is 10.0 Å². The molecular formula is C15H11BrCl2N4OS. The third-order valence-electron chi connectivity index (χ3n) is 3.13. The van der Waals surface area contributed by atoms with Crippen LogP contribution >= 0.6 is 50.9 Å². The van der Waals surface area contributed by atoms with Gasteiger partial charge in [0.25, 0.3) is 0 Å². The summed E-state index contributed by atoms with van der Waals surface area (Å²) in [4.78, 5) is 12.2. The fourth-order valence-electron chi connectivity index (χ4n) is 2.04. The van der Waals surface area contributed by atoms with E-state index in [1.807, 2.05) is 25.1 Å². The van der Waals surface area contributed by atoms with Crippen molar-refractivity contribution in [1.82, 2.24) is 14.6 Å². The molecule has 0 aliphatic rings. The number of aryl methyl sites for hydroxylation is 1. The third-order valence-corrected chi connectivity index (χ3v) is 5.21. The highest BCUT2D eigenvalue weighted by Crippen LogP contribution is 2.26. The standard InChI is InChI=1S/C15H11BrCl2N4OS/c1-8-2-3-12(10(16)4-8)19-13(23)7-24-15-21-20-14-11(18)5-9(17)6-22(14)15/h2-6H,7H2,1H3,(H,19,23). The van der Waals surface area contributed by atoms with Crippen LogP contribution in [-0.4, -0.2) is 26.3 Å². The number of halogens is 3. The van der Waals surface area contributed by atoms with E-state index >= 15 is 0 Å². The van der Waals surface area contributed by atoms with Crippen LogP contribution in [0.25, 0.3) is 5.65 Å². The van der Waals surface area contributed by atoms with Crippen LogP contribution in [0.1, 0.15) is 5.56 Å². The van der Waals surface area contributed by atoms with Gasteiger partial charge in [0.15, 0.2) is 10.8 Å². The largest absolute Gasteiger partial charge is 0.324 e. The highest BCUT2D eigenvalue weighted by atomic mass is 79.9. The second-order valence-electron chi connectivity index (χ2n) is 5.00. The van der Waals surface area contributed by atoms with Crippen molar-refractivity contribution in [2.75, 3.05) is 11.1 Å². The number of pyridine rings is 1. The molecule has 3 rings (SSSR count). The second kappa shape index (κ2) is 7.31. The maximum atomic E-state index is 12.2. The van der Waals surface area contributed by atoms with E-state index in [1.54, 1.807) is 16.7 Å². The molecule has 124 valence electrons. The number of amides is 1. The Balaban J connectivity index is 1.70. The smallest absolute Gasteiger partial charge is 0.234 e. The maximum Gasteiger partial charge on any atom is 0.234 e. The number of thioether (sulfide) groups is 1. The number of rotatable bonds is 4. The summed E-state index contributed by atoms with van der Waals surface area (Å²) in [5.74, 6) is 0.0417. The van der Waals surface area contributed by atoms with Crippen LogP contribution in [0.15, 0.2) is 40.1 Å². The molecule has 0 radical (unpaired) electrons. The molecule has 0 atom stereocenters. The Kier molecular flexibility index (Phi) is 5.34. The number of nitrogens with one attached hydrogen (secondary N) is 1. The summed E-state index contributed by atoms with van der Waals surface area (Å²) in [7, 11) is 0. The Bertz CT molecular complexity index is 931. The lowest BCUT2D eigenvalue weighted by molar-refractivity contribution is -0.113. The summed E-state index contributed by atoms with van der Waals surface area (Å²) in [6.45, 7) is 1.99. The van der Waals surface area contributed by atoms with Gasteiger partial charge < -0.3 is 5.32 Å². The molecule has 1 amide bonds. The molecule has 0 saturated heterocycles. The Hall–Kier alpha value is -1.28. The number of benzene rings is 1. The molecular weight excluding hydrogens is 435 g/mol. The van der Waals surface area contributed by atoms with Crippen molar-refractivity contribution in [2.24, 2.45) is 0 Å². The maximum absolute atomic E-state index is 12.2. The zero-order valence-electron chi connectivity index (χ0n) is 12.4. The van der Waals surface area contributed by atoms with Gasteiger partial charge in [0.2, 0.25) is 5.91 Å². The monoisotopic (exact) mass is 444 g/mol. The van der Waals surface area contributed by atoms with Gasteiger partial charge in [0.1, 0.15) is 0 Å². The molecule has 1 aromatic carbocycles. The van der Waals surface area contributed by atoms with Crippen LogP contribution in [-0.2, 0) is 4.79 Å². The van der Waals surface area contributed by atoms with Crippen molar-refractivity contribution in [3.8, 4) is 0 Å². The summed E-state index contributed by atoms with van der Waals surface area (Å²) < 4.78 is 2.51. The lowest BCUT2D eigenvalue weighted by Gasteiger charge is -2.07. The normalized spacial score (nSPS) is 11.0. The summed E-state index contributed by atoms with van der Waals surface area (Å²) in [5.41, 5.74) is 2.34. The number of anilines is 1. The first-order chi connectivity index (χ1) is 11.4. The van der Waals surface area contributed by atoms with E-state index in [2.05, 4.69) is 31.4 Å². The SMILES string of the molecule is Cc1ccc(NC(=O)CSc2nnc3c(Cl)cc(Cl)cn23)c(Br)c1. The predicted octanol–water partition coefficient (Wildman–Crippen LogP) is 4.84. The van der Waals surface area contributed by atoms with E-state index in [9.17, 15) is 4.79 Å². The van der Waals surface area contributed by atoms with E-state index < -0.39 is 0 Å². The molecule has 1 N–H and O–H groups in total. The number of hydrogen-bond donors (Lipinski definition) is 1. The molecule has 3 aromatic rings. The number of carbonyl (C=O) groups is 1. The zero-order chi connectivity index (χ0) is 17.3. The summed E-state index contributed by atoms with van der Waals surface area (Å²) in [6, 6.07) is 7.33. The molecule has 0 aliphatic heterocycles. The lowest BCUT2D eigenvalue weighted by Crippen LogP contribution is -2.14. The molecule has 0 spiro atoms. The Morgan fingerprint density at radius 2 is 2.12 bits per heavy atom. The van der Waals surface area contributed by atoms with E-state index in [0.717, 1.165) is 15.7 Å². The van der Waals surface area contributed by atoms with Gasteiger partial charge >= 0.3 is 0 Å². The number of fused-ring (bicyclic) bond motifs is 1. The van der Waals surface area contributed by atoms with Crippen LogP contribution in [0.5, 0.6) is 0 Å². The average molecular weight is 446 g/mol. The fourth-order valence-corrected chi connectivity index (χ4v) is 3.85. The van der Waals surface area contributed by atoms with Crippen molar-refractivity contribution in [3.05, 3.63) is 50.5 Å². The number of aromatic nitrogens is 3. The van der Waals surface area contributed by atoms with Crippen LogP contribution in [0.4, 0.5) is 5.69 Å². The number of hydrogen-bond acceptors (Lipinski definition) is 4. The van der Waals surface area contributed by atoms with Gasteiger partial charge in [-0.2, -0.15) is 0 Å². The number of carbonyl (C=O) groups excluding carboxylic acids is 1. The first-order valence-electron chi connectivity index (χ1n) is 6.82. The van der Waals surface area contributed by atoms with Gasteiger partial charge in [-0.05, 0) is 46.6 Å². The highest BCUT2D eigenvalue weighted by molar-refractivity contribution is 9.10. The molecule has 0 fully saturated rings. The lowest BCUT2D eigenvalue weighted by atomic mass is 10.2. The first kappa shape index (κ1) is 17.5. The van der Waals surface area contributed by atoms with Gasteiger partial charge in [-0.25, -0.2) is 0 Å². The molecule has 2 aromatic heterocycles. The van der Waals surface area contributed by atoms with Gasteiger partial charge in [0, 0.05) is 10.7 Å². The van der Waals surface area contributed by atoms with E-state index in [1.165, 1.54) is 11.8 Å². The molecule has 2 heterocycles. The molecule has 9 heteroatoms. The van der Waals surface area contributed by atoms with E-state index in [-0.39, 0.29) is 11.7 Å². The van der Waals surface area contributed by atoms with Crippen LogP contribution in [0, 0.1) is 6.92 Å². The van der Waals surface area contributed by atoms with Crippen molar-refractivity contribution in [1.29, 1.82) is 0 Å². The Labute approximate surface area is 160 Å². The van der Waals surface area contributed by atoms with E-state index in [0.29, 0.717) is 20.8 Å². The minimum Gasteiger partial charge on any atom is -0.324 e. The van der Waals surface area contributed by atoms with Crippen molar-refractivity contribution in [3.63, 3.8) is 0 Å². The van der Waals surface area contributed by atoms with Crippen molar-refractivity contribution < 1.29 is 4.79 Å². The van der Waals surface area contributed by atoms with Gasteiger partial charge in [-0.3, -0.25) is 9.20 Å². The first-order valence-corrected chi connectivity index (χ1v) is 9.36. The van der Waals surface area contributed by atoms with Gasteiger partial charge in [-0.15, -0.1) is 10.2 Å². The molecule has 0 aliphatic carbocycles. The van der Waals surface area contributed by atoms with E-state index in [4.69, 9.17) is 23.2 Å². The minimum atomic E-state index is -0.144.